The van der Waals surface area contributed by atoms with Crippen LogP contribution < -0.4 is 18.4 Å². The highest BCUT2D eigenvalue weighted by Gasteiger charge is 2.22. The van der Waals surface area contributed by atoms with Crippen LogP contribution in [0.25, 0.3) is 0 Å². The van der Waals surface area contributed by atoms with E-state index in [4.69, 9.17) is 18.4 Å². The normalized spacial score (nSPS) is 11.2. The molecule has 3 rings (SSSR count). The summed E-state index contributed by atoms with van der Waals surface area (Å²) in [6.45, 7) is 4.59. The summed E-state index contributed by atoms with van der Waals surface area (Å²) in [6.07, 6.45) is 0. The fourth-order valence-corrected chi connectivity index (χ4v) is 4.58. The maximum atomic E-state index is 13.5. The van der Waals surface area contributed by atoms with Crippen molar-refractivity contribution in [2.75, 3.05) is 27.9 Å². The molecule has 0 aromatic heterocycles. The third-order valence-electron chi connectivity index (χ3n) is 5.37. The minimum absolute atomic E-state index is 0.0516. The number of nitrogens with zero attached hydrogens (tertiary/aromatic N) is 1. The van der Waals surface area contributed by atoms with Crippen molar-refractivity contribution in [3.63, 3.8) is 0 Å². The Kier molecular flexibility index (Phi) is 8.99. The van der Waals surface area contributed by atoms with Gasteiger partial charge in [0.05, 0.1) is 21.3 Å². The predicted octanol–water partition coefficient (Wildman–Crippen LogP) is 4.92. The molecule has 0 aliphatic carbocycles. The van der Waals surface area contributed by atoms with Crippen LogP contribution in [0.15, 0.2) is 65.6 Å². The number of carbonyl (C=O) groups is 1. The predicted molar refractivity (Wildman–Crippen MR) is 136 cm³/mol. The zero-order valence-corrected chi connectivity index (χ0v) is 22.2. The van der Waals surface area contributed by atoms with E-state index in [1.165, 1.54) is 27.4 Å². The van der Waals surface area contributed by atoms with Crippen molar-refractivity contribution in [1.82, 2.24) is 4.90 Å². The average molecular weight is 532 g/mol. The molecule has 0 radical (unpaired) electrons. The summed E-state index contributed by atoms with van der Waals surface area (Å²) in [5, 5.41) is 0. The van der Waals surface area contributed by atoms with Gasteiger partial charge < -0.3 is 23.3 Å². The maximum absolute atomic E-state index is 13.5. The number of halogens is 1. The number of ether oxygens (including phenoxy) is 3. The van der Waals surface area contributed by atoms with Gasteiger partial charge in [0.15, 0.2) is 11.5 Å². The summed E-state index contributed by atoms with van der Waals surface area (Å²) >= 11 is 0. The van der Waals surface area contributed by atoms with Crippen molar-refractivity contribution < 1.29 is 36.0 Å². The Hall–Kier alpha value is -3.79. The summed E-state index contributed by atoms with van der Waals surface area (Å²) in [4.78, 5) is 15.0. The minimum atomic E-state index is -4.26. The minimum Gasteiger partial charge on any atom is -0.497 e. The van der Waals surface area contributed by atoms with Gasteiger partial charge in [-0.25, -0.2) is 4.39 Å². The Morgan fingerprint density at radius 1 is 0.865 bits per heavy atom. The van der Waals surface area contributed by atoms with Crippen LogP contribution in [-0.4, -0.2) is 47.1 Å². The number of hydrogen-bond donors (Lipinski definition) is 0. The van der Waals surface area contributed by atoms with Crippen LogP contribution in [0, 0.1) is 11.7 Å². The van der Waals surface area contributed by atoms with Crippen LogP contribution in [0.2, 0.25) is 0 Å². The average Bonchev–Trinajstić information content (AvgIpc) is 2.87. The van der Waals surface area contributed by atoms with E-state index in [9.17, 15) is 17.6 Å². The van der Waals surface area contributed by atoms with Crippen molar-refractivity contribution in [2.45, 2.75) is 25.3 Å². The molecule has 10 heteroatoms. The molecule has 0 saturated carbocycles. The highest BCUT2D eigenvalue weighted by molar-refractivity contribution is 7.87. The molecule has 3 aromatic carbocycles. The Morgan fingerprint density at radius 2 is 1.49 bits per heavy atom. The maximum Gasteiger partial charge on any atom is 0.339 e. The molecule has 0 unspecified atom stereocenters. The quantitative estimate of drug-likeness (QED) is 0.325. The molecule has 0 N–H and O–H groups in total. The zero-order chi connectivity index (χ0) is 27.2. The van der Waals surface area contributed by atoms with E-state index in [0.29, 0.717) is 29.2 Å². The monoisotopic (exact) mass is 531 g/mol. The molecule has 0 saturated heterocycles. The van der Waals surface area contributed by atoms with Gasteiger partial charge in [-0.15, -0.1) is 0 Å². The topological polar surface area (TPSA) is 91.4 Å². The molecule has 0 atom stereocenters. The molecule has 0 spiro atoms. The van der Waals surface area contributed by atoms with Gasteiger partial charge in [0.25, 0.3) is 5.91 Å². The van der Waals surface area contributed by atoms with Gasteiger partial charge in [-0.05, 0) is 60.0 Å². The third-order valence-corrected chi connectivity index (χ3v) is 6.62. The summed E-state index contributed by atoms with van der Waals surface area (Å²) in [5.41, 5.74) is 1.01. The molecular weight excluding hydrogens is 501 g/mol. The number of methoxy groups -OCH3 is 3. The van der Waals surface area contributed by atoms with Crippen LogP contribution in [-0.2, 0) is 16.7 Å². The van der Waals surface area contributed by atoms with E-state index < -0.39 is 15.9 Å². The second-order valence-electron chi connectivity index (χ2n) is 8.66. The molecule has 3 aromatic rings. The van der Waals surface area contributed by atoms with Crippen molar-refractivity contribution in [2.24, 2.45) is 5.92 Å². The van der Waals surface area contributed by atoms with Crippen molar-refractivity contribution in [3.05, 3.63) is 77.6 Å². The summed E-state index contributed by atoms with van der Waals surface area (Å²) in [5.74, 6) is 0.448. The van der Waals surface area contributed by atoms with Gasteiger partial charge in [-0.1, -0.05) is 19.9 Å². The van der Waals surface area contributed by atoms with Crippen LogP contribution in [0.3, 0.4) is 0 Å². The third kappa shape index (κ3) is 7.13. The first kappa shape index (κ1) is 27.8. The number of rotatable bonds is 11. The molecular formula is C27H30FNO7S. The number of amides is 1. The number of benzene rings is 3. The summed E-state index contributed by atoms with van der Waals surface area (Å²) < 4.78 is 60.1. The summed E-state index contributed by atoms with van der Waals surface area (Å²) in [7, 11) is 0.145. The molecule has 0 aliphatic rings. The van der Waals surface area contributed by atoms with Crippen molar-refractivity contribution in [3.8, 4) is 23.0 Å². The van der Waals surface area contributed by atoms with Gasteiger partial charge in [0.2, 0.25) is 0 Å². The van der Waals surface area contributed by atoms with Gasteiger partial charge in [-0.3, -0.25) is 4.79 Å². The first-order valence-corrected chi connectivity index (χ1v) is 12.9. The zero-order valence-electron chi connectivity index (χ0n) is 21.4. The number of carbonyl (C=O) groups excluding carboxylic acids is 1. The highest BCUT2D eigenvalue weighted by Crippen LogP contribution is 2.32. The first-order chi connectivity index (χ1) is 17.6. The van der Waals surface area contributed by atoms with Crippen LogP contribution in [0.5, 0.6) is 23.0 Å². The molecule has 0 aliphatic heterocycles. The lowest BCUT2D eigenvalue weighted by Crippen LogP contribution is -2.33. The van der Waals surface area contributed by atoms with E-state index >= 15 is 0 Å². The largest absolute Gasteiger partial charge is 0.497 e. The SMILES string of the molecule is COc1cc(OC)cc(C(=O)N(Cc2ccc(OC)c(OS(=O)(=O)c3ccc(F)cc3)c2)CC(C)C)c1. The van der Waals surface area contributed by atoms with Crippen LogP contribution >= 0.6 is 0 Å². The smallest absolute Gasteiger partial charge is 0.339 e. The van der Waals surface area contributed by atoms with E-state index in [-0.39, 0.29) is 34.8 Å². The Labute approximate surface area is 216 Å². The number of hydrogen-bond acceptors (Lipinski definition) is 7. The lowest BCUT2D eigenvalue weighted by molar-refractivity contribution is 0.0721. The van der Waals surface area contributed by atoms with E-state index in [1.807, 2.05) is 13.8 Å². The molecule has 0 bridgehead atoms. The Balaban J connectivity index is 1.93. The lowest BCUT2D eigenvalue weighted by atomic mass is 10.1. The second-order valence-corrected chi connectivity index (χ2v) is 10.2. The van der Waals surface area contributed by atoms with Crippen LogP contribution in [0.1, 0.15) is 29.8 Å². The van der Waals surface area contributed by atoms with Crippen LogP contribution in [0.4, 0.5) is 4.39 Å². The standard InChI is InChI=1S/C27H30FNO7S/c1-18(2)16-29(27(30)20-13-22(33-3)15-23(14-20)34-4)17-19-6-11-25(35-5)26(12-19)36-37(31,32)24-9-7-21(28)8-10-24/h6-15,18H,16-17H2,1-5H3. The second kappa shape index (κ2) is 12.0. The van der Waals surface area contributed by atoms with Gasteiger partial charge in [-0.2, -0.15) is 8.42 Å². The van der Waals surface area contributed by atoms with Gasteiger partial charge in [0, 0.05) is 24.7 Å². The van der Waals surface area contributed by atoms with E-state index in [1.54, 1.807) is 35.2 Å². The van der Waals surface area contributed by atoms with E-state index in [2.05, 4.69) is 0 Å². The van der Waals surface area contributed by atoms with E-state index in [0.717, 1.165) is 24.3 Å². The molecule has 0 fully saturated rings. The molecule has 37 heavy (non-hydrogen) atoms. The fourth-order valence-electron chi connectivity index (χ4n) is 3.65. The molecule has 8 nitrogen and oxygen atoms in total. The highest BCUT2D eigenvalue weighted by atomic mass is 32.2. The Bertz CT molecular complexity index is 1320. The first-order valence-electron chi connectivity index (χ1n) is 11.5. The molecule has 198 valence electrons. The van der Waals surface area contributed by atoms with Crippen molar-refractivity contribution in [1.29, 1.82) is 0 Å². The fraction of sp³-hybridized carbons (Fsp3) is 0.296. The Morgan fingerprint density at radius 3 is 2.03 bits per heavy atom. The summed E-state index contributed by atoms with van der Waals surface area (Å²) in [6, 6.07) is 14.1. The van der Waals surface area contributed by atoms with Gasteiger partial charge in [0.1, 0.15) is 22.2 Å². The van der Waals surface area contributed by atoms with Gasteiger partial charge >= 0.3 is 10.1 Å². The lowest BCUT2D eigenvalue weighted by Gasteiger charge is -2.25. The van der Waals surface area contributed by atoms with Crippen molar-refractivity contribution >= 4 is 16.0 Å². The molecule has 1 amide bonds. The molecule has 0 heterocycles.